The second-order valence-electron chi connectivity index (χ2n) is 5.11. The maximum absolute atomic E-state index is 6.06. The largest absolute Gasteiger partial charge is 0.378 e. The summed E-state index contributed by atoms with van der Waals surface area (Å²) in [6.07, 6.45) is 8.41. The Labute approximate surface area is 101 Å². The molecule has 1 rings (SSSR count). The zero-order chi connectivity index (χ0) is 11.8. The van der Waals surface area contributed by atoms with Gasteiger partial charge in [0.15, 0.2) is 0 Å². The van der Waals surface area contributed by atoms with E-state index in [9.17, 15) is 0 Å². The quantitative estimate of drug-likeness (QED) is 0.720. The van der Waals surface area contributed by atoms with E-state index in [4.69, 9.17) is 4.74 Å². The summed E-state index contributed by atoms with van der Waals surface area (Å²) in [6, 6.07) is 0.591. The van der Waals surface area contributed by atoms with Crippen molar-refractivity contribution < 1.29 is 4.74 Å². The lowest BCUT2D eigenvalue weighted by Gasteiger charge is -2.31. The summed E-state index contributed by atoms with van der Waals surface area (Å²) in [5.74, 6) is 0.822. The summed E-state index contributed by atoms with van der Waals surface area (Å²) >= 11 is 0. The molecule has 0 aromatic rings. The standard InChI is InChI=1S/C14H29NO/c1-4-13-8-6-7-9-14(13)16-11-10-12(3)15-5-2/h12-15H,4-11H2,1-3H3. The van der Waals surface area contributed by atoms with Crippen LogP contribution in [0.5, 0.6) is 0 Å². The minimum absolute atomic E-state index is 0.549. The van der Waals surface area contributed by atoms with E-state index in [1.165, 1.54) is 32.1 Å². The van der Waals surface area contributed by atoms with Crippen LogP contribution in [-0.4, -0.2) is 25.3 Å². The lowest BCUT2D eigenvalue weighted by molar-refractivity contribution is -0.0149. The van der Waals surface area contributed by atoms with Gasteiger partial charge in [0.1, 0.15) is 0 Å². The molecule has 0 saturated heterocycles. The molecular weight excluding hydrogens is 198 g/mol. The van der Waals surface area contributed by atoms with Gasteiger partial charge >= 0.3 is 0 Å². The smallest absolute Gasteiger partial charge is 0.0603 e. The van der Waals surface area contributed by atoms with Crippen molar-refractivity contribution in [1.29, 1.82) is 0 Å². The molecule has 0 heterocycles. The lowest BCUT2D eigenvalue weighted by Crippen LogP contribution is -2.31. The number of rotatable bonds is 7. The molecule has 0 aromatic carbocycles. The van der Waals surface area contributed by atoms with E-state index in [0.717, 1.165) is 25.5 Å². The molecule has 1 N–H and O–H groups in total. The molecule has 2 nitrogen and oxygen atoms in total. The van der Waals surface area contributed by atoms with Crippen molar-refractivity contribution in [3.05, 3.63) is 0 Å². The Morgan fingerprint density at radius 2 is 2.00 bits per heavy atom. The first-order chi connectivity index (χ1) is 7.77. The fraction of sp³-hybridized carbons (Fsp3) is 1.00. The molecule has 1 fully saturated rings. The fourth-order valence-corrected chi connectivity index (χ4v) is 2.71. The van der Waals surface area contributed by atoms with Crippen molar-refractivity contribution in [3.63, 3.8) is 0 Å². The van der Waals surface area contributed by atoms with Crippen LogP contribution in [0.15, 0.2) is 0 Å². The van der Waals surface area contributed by atoms with Crippen LogP contribution in [0.2, 0.25) is 0 Å². The summed E-state index contributed by atoms with van der Waals surface area (Å²) in [5, 5.41) is 3.43. The van der Waals surface area contributed by atoms with Crippen molar-refractivity contribution in [3.8, 4) is 0 Å². The van der Waals surface area contributed by atoms with Crippen LogP contribution in [0.1, 0.15) is 59.3 Å². The summed E-state index contributed by atoms with van der Waals surface area (Å²) in [5.41, 5.74) is 0. The van der Waals surface area contributed by atoms with Gasteiger partial charge in [-0.2, -0.15) is 0 Å². The van der Waals surface area contributed by atoms with Gasteiger partial charge in [0.25, 0.3) is 0 Å². The molecule has 3 atom stereocenters. The SMILES string of the molecule is CCNC(C)CCOC1CCCCC1CC. The van der Waals surface area contributed by atoms with Crippen molar-refractivity contribution in [2.45, 2.75) is 71.4 Å². The molecule has 0 aliphatic heterocycles. The Morgan fingerprint density at radius 1 is 1.25 bits per heavy atom. The third-order valence-corrected chi connectivity index (χ3v) is 3.80. The summed E-state index contributed by atoms with van der Waals surface area (Å²) in [7, 11) is 0. The van der Waals surface area contributed by atoms with Gasteiger partial charge in [0.2, 0.25) is 0 Å². The third kappa shape index (κ3) is 4.84. The predicted molar refractivity (Wildman–Crippen MR) is 69.7 cm³/mol. The van der Waals surface area contributed by atoms with Gasteiger partial charge in [0.05, 0.1) is 6.10 Å². The van der Waals surface area contributed by atoms with Crippen molar-refractivity contribution in [2.75, 3.05) is 13.2 Å². The predicted octanol–water partition coefficient (Wildman–Crippen LogP) is 3.36. The van der Waals surface area contributed by atoms with E-state index >= 15 is 0 Å². The van der Waals surface area contributed by atoms with Crippen LogP contribution in [0.4, 0.5) is 0 Å². The van der Waals surface area contributed by atoms with Crippen molar-refractivity contribution in [1.82, 2.24) is 5.32 Å². The van der Waals surface area contributed by atoms with Crippen LogP contribution in [0, 0.1) is 5.92 Å². The van der Waals surface area contributed by atoms with E-state index in [-0.39, 0.29) is 0 Å². The maximum Gasteiger partial charge on any atom is 0.0603 e. The average molecular weight is 227 g/mol. The number of hydrogen-bond donors (Lipinski definition) is 1. The highest BCUT2D eigenvalue weighted by Crippen LogP contribution is 2.29. The Balaban J connectivity index is 2.15. The number of nitrogens with one attached hydrogen (secondary N) is 1. The molecular formula is C14H29NO. The zero-order valence-electron chi connectivity index (χ0n) is 11.3. The molecule has 2 heteroatoms. The number of ether oxygens (including phenoxy) is 1. The van der Waals surface area contributed by atoms with Crippen LogP contribution in [0.25, 0.3) is 0 Å². The molecule has 1 aliphatic rings. The average Bonchev–Trinajstić information content (AvgIpc) is 2.30. The van der Waals surface area contributed by atoms with Gasteiger partial charge in [-0.1, -0.05) is 33.1 Å². The summed E-state index contributed by atoms with van der Waals surface area (Å²) in [4.78, 5) is 0. The first-order valence-corrected chi connectivity index (χ1v) is 7.12. The molecule has 0 aromatic heterocycles. The lowest BCUT2D eigenvalue weighted by atomic mass is 9.85. The molecule has 1 aliphatic carbocycles. The van der Waals surface area contributed by atoms with Crippen LogP contribution in [0.3, 0.4) is 0 Å². The van der Waals surface area contributed by atoms with Gasteiger partial charge in [0, 0.05) is 12.6 Å². The van der Waals surface area contributed by atoms with Crippen LogP contribution < -0.4 is 5.32 Å². The van der Waals surface area contributed by atoms with E-state index in [0.29, 0.717) is 12.1 Å². The topological polar surface area (TPSA) is 21.3 Å². The minimum Gasteiger partial charge on any atom is -0.378 e. The van der Waals surface area contributed by atoms with Crippen LogP contribution in [-0.2, 0) is 4.74 Å². The fourth-order valence-electron chi connectivity index (χ4n) is 2.71. The second-order valence-corrected chi connectivity index (χ2v) is 5.11. The molecule has 3 unspecified atom stereocenters. The molecule has 1 saturated carbocycles. The van der Waals surface area contributed by atoms with E-state index in [1.54, 1.807) is 0 Å². The Bertz CT molecular complexity index is 172. The van der Waals surface area contributed by atoms with E-state index in [1.807, 2.05) is 0 Å². The maximum atomic E-state index is 6.06. The minimum atomic E-state index is 0.549. The number of hydrogen-bond acceptors (Lipinski definition) is 2. The van der Waals surface area contributed by atoms with Gasteiger partial charge in [-0.3, -0.25) is 0 Å². The van der Waals surface area contributed by atoms with Gasteiger partial charge in [-0.15, -0.1) is 0 Å². The molecule has 0 bridgehead atoms. The highest BCUT2D eigenvalue weighted by Gasteiger charge is 2.23. The molecule has 96 valence electrons. The first kappa shape index (κ1) is 14.0. The molecule has 0 amide bonds. The van der Waals surface area contributed by atoms with Crippen molar-refractivity contribution in [2.24, 2.45) is 5.92 Å². The summed E-state index contributed by atoms with van der Waals surface area (Å²) < 4.78 is 6.06. The van der Waals surface area contributed by atoms with Gasteiger partial charge in [-0.25, -0.2) is 0 Å². The first-order valence-electron chi connectivity index (χ1n) is 7.12. The third-order valence-electron chi connectivity index (χ3n) is 3.80. The van der Waals surface area contributed by atoms with Gasteiger partial charge < -0.3 is 10.1 Å². The highest BCUT2D eigenvalue weighted by atomic mass is 16.5. The van der Waals surface area contributed by atoms with Gasteiger partial charge in [-0.05, 0) is 38.6 Å². The highest BCUT2D eigenvalue weighted by molar-refractivity contribution is 4.75. The Morgan fingerprint density at radius 3 is 2.69 bits per heavy atom. The monoisotopic (exact) mass is 227 g/mol. The Hall–Kier alpha value is -0.0800. The molecule has 0 spiro atoms. The molecule has 16 heavy (non-hydrogen) atoms. The second kappa shape index (κ2) is 8.08. The summed E-state index contributed by atoms with van der Waals surface area (Å²) in [6.45, 7) is 8.68. The zero-order valence-corrected chi connectivity index (χ0v) is 11.3. The molecule has 0 radical (unpaired) electrons. The Kier molecular flexibility index (Phi) is 7.06. The van der Waals surface area contributed by atoms with Crippen LogP contribution >= 0.6 is 0 Å². The van der Waals surface area contributed by atoms with E-state index in [2.05, 4.69) is 26.1 Å². The van der Waals surface area contributed by atoms with E-state index < -0.39 is 0 Å². The van der Waals surface area contributed by atoms with Crippen molar-refractivity contribution >= 4 is 0 Å². The normalized spacial score (nSPS) is 27.9.